The lowest BCUT2D eigenvalue weighted by Gasteiger charge is -2.30. The summed E-state index contributed by atoms with van der Waals surface area (Å²) in [6.45, 7) is 8.07. The van der Waals surface area contributed by atoms with Crippen molar-refractivity contribution >= 4 is 27.7 Å². The van der Waals surface area contributed by atoms with E-state index in [2.05, 4.69) is 35.1 Å². The van der Waals surface area contributed by atoms with E-state index in [-0.39, 0.29) is 18.4 Å². The average molecular weight is 396 g/mol. The number of amides is 2. The van der Waals surface area contributed by atoms with Crippen LogP contribution in [0.15, 0.2) is 28.7 Å². The van der Waals surface area contributed by atoms with E-state index in [4.69, 9.17) is 0 Å². The second-order valence-corrected chi connectivity index (χ2v) is 7.46. The zero-order valence-electron chi connectivity index (χ0n) is 14.4. The van der Waals surface area contributed by atoms with Gasteiger partial charge in [0.2, 0.25) is 5.91 Å². The maximum Gasteiger partial charge on any atom is 0.254 e. The molecule has 0 aliphatic carbocycles. The van der Waals surface area contributed by atoms with Gasteiger partial charge in [0.15, 0.2) is 0 Å². The molecule has 0 unspecified atom stereocenters. The molecule has 0 saturated carbocycles. The van der Waals surface area contributed by atoms with Gasteiger partial charge in [-0.25, -0.2) is 0 Å². The molecule has 1 N–H and O–H groups in total. The number of nitrogens with one attached hydrogen (secondary N) is 1. The van der Waals surface area contributed by atoms with Crippen LogP contribution >= 0.6 is 15.9 Å². The van der Waals surface area contributed by atoms with E-state index in [1.165, 1.54) is 0 Å². The summed E-state index contributed by atoms with van der Waals surface area (Å²) in [5.74, 6) is 0.442. The van der Waals surface area contributed by atoms with Crippen LogP contribution in [0.25, 0.3) is 0 Å². The topological polar surface area (TPSA) is 52.7 Å². The van der Waals surface area contributed by atoms with Crippen LogP contribution in [0, 0.1) is 5.92 Å². The molecule has 2 amide bonds. The van der Waals surface area contributed by atoms with Gasteiger partial charge < -0.3 is 15.1 Å². The first-order chi connectivity index (χ1) is 11.5. The summed E-state index contributed by atoms with van der Waals surface area (Å²) in [6.07, 6.45) is 0.886. The van der Waals surface area contributed by atoms with E-state index in [0.717, 1.165) is 24.0 Å². The minimum absolute atomic E-state index is 0.0331. The highest BCUT2D eigenvalue weighted by Crippen LogP contribution is 2.14. The summed E-state index contributed by atoms with van der Waals surface area (Å²) in [7, 11) is 0. The van der Waals surface area contributed by atoms with Crippen molar-refractivity contribution in [1.29, 1.82) is 0 Å². The molecule has 1 aromatic carbocycles. The van der Waals surface area contributed by atoms with E-state index >= 15 is 0 Å². The molecular formula is C18H26BrN3O2. The van der Waals surface area contributed by atoms with Gasteiger partial charge in [-0.3, -0.25) is 9.59 Å². The minimum Gasteiger partial charge on any atom is -0.339 e. The van der Waals surface area contributed by atoms with E-state index in [1.54, 1.807) is 17.0 Å². The van der Waals surface area contributed by atoms with Crippen molar-refractivity contribution in [3.05, 3.63) is 34.3 Å². The molecule has 6 heteroatoms. The molecule has 1 aliphatic heterocycles. The standard InChI is InChI=1S/C18H26BrN3O2/c1-14(2)7-10-22(13-17(23)21-11-8-20-9-12-21)18(24)15-3-5-16(19)6-4-15/h3-6,14,20H,7-13H2,1-2H3. The Bertz CT molecular complexity index is 554. The maximum atomic E-state index is 12.8. The first kappa shape index (κ1) is 18.9. The van der Waals surface area contributed by atoms with Crippen molar-refractivity contribution in [2.24, 2.45) is 5.92 Å². The molecule has 1 aliphatic rings. The smallest absolute Gasteiger partial charge is 0.254 e. The third kappa shape index (κ3) is 5.60. The van der Waals surface area contributed by atoms with Gasteiger partial charge in [-0.1, -0.05) is 29.8 Å². The fourth-order valence-electron chi connectivity index (χ4n) is 2.62. The summed E-state index contributed by atoms with van der Waals surface area (Å²) in [4.78, 5) is 28.9. The summed E-state index contributed by atoms with van der Waals surface area (Å²) >= 11 is 3.38. The van der Waals surface area contributed by atoms with Crippen molar-refractivity contribution < 1.29 is 9.59 Å². The summed E-state index contributed by atoms with van der Waals surface area (Å²) in [6, 6.07) is 7.30. The number of rotatable bonds is 6. The van der Waals surface area contributed by atoms with E-state index in [9.17, 15) is 9.59 Å². The quantitative estimate of drug-likeness (QED) is 0.804. The van der Waals surface area contributed by atoms with Gasteiger partial charge in [0, 0.05) is 42.8 Å². The number of benzene rings is 1. The number of nitrogens with zero attached hydrogens (tertiary/aromatic N) is 2. The van der Waals surface area contributed by atoms with Crippen molar-refractivity contribution in [2.45, 2.75) is 20.3 Å². The molecule has 0 spiro atoms. The Labute approximate surface area is 152 Å². The first-order valence-electron chi connectivity index (χ1n) is 8.50. The molecule has 0 aromatic heterocycles. The highest BCUT2D eigenvalue weighted by molar-refractivity contribution is 9.10. The SMILES string of the molecule is CC(C)CCN(CC(=O)N1CCNCC1)C(=O)c1ccc(Br)cc1. The number of carbonyl (C=O) groups is 2. The Hall–Kier alpha value is -1.40. The highest BCUT2D eigenvalue weighted by atomic mass is 79.9. The second-order valence-electron chi connectivity index (χ2n) is 6.55. The van der Waals surface area contributed by atoms with Crippen LogP contribution in [0.1, 0.15) is 30.6 Å². The van der Waals surface area contributed by atoms with Gasteiger partial charge in [0.1, 0.15) is 6.54 Å². The Morgan fingerprint density at radius 2 is 1.83 bits per heavy atom. The van der Waals surface area contributed by atoms with E-state index < -0.39 is 0 Å². The van der Waals surface area contributed by atoms with Gasteiger partial charge in [0.25, 0.3) is 5.91 Å². The largest absolute Gasteiger partial charge is 0.339 e. The molecule has 2 rings (SSSR count). The van der Waals surface area contributed by atoms with Crippen molar-refractivity contribution in [1.82, 2.24) is 15.1 Å². The van der Waals surface area contributed by atoms with Gasteiger partial charge in [0.05, 0.1) is 0 Å². The van der Waals surface area contributed by atoms with Crippen LogP contribution in [-0.2, 0) is 4.79 Å². The lowest BCUT2D eigenvalue weighted by molar-refractivity contribution is -0.132. The predicted octanol–water partition coefficient (Wildman–Crippen LogP) is 2.37. The molecule has 24 heavy (non-hydrogen) atoms. The molecule has 1 fully saturated rings. The van der Waals surface area contributed by atoms with Gasteiger partial charge in [-0.2, -0.15) is 0 Å². The third-order valence-corrected chi connectivity index (χ3v) is 4.68. The lowest BCUT2D eigenvalue weighted by atomic mass is 10.1. The summed E-state index contributed by atoms with van der Waals surface area (Å²) < 4.78 is 0.935. The molecule has 1 heterocycles. The van der Waals surface area contributed by atoms with Gasteiger partial charge in [-0.05, 0) is 36.6 Å². The van der Waals surface area contributed by atoms with Crippen LogP contribution < -0.4 is 5.32 Å². The fraction of sp³-hybridized carbons (Fsp3) is 0.556. The number of piperazine rings is 1. The lowest BCUT2D eigenvalue weighted by Crippen LogP contribution is -2.50. The van der Waals surface area contributed by atoms with Crippen LogP contribution in [0.4, 0.5) is 0 Å². The first-order valence-corrected chi connectivity index (χ1v) is 9.30. The van der Waals surface area contributed by atoms with Crippen molar-refractivity contribution in [3.8, 4) is 0 Å². The fourth-order valence-corrected chi connectivity index (χ4v) is 2.88. The average Bonchev–Trinajstić information content (AvgIpc) is 2.59. The number of carbonyl (C=O) groups excluding carboxylic acids is 2. The summed E-state index contributed by atoms with van der Waals surface area (Å²) in [5, 5.41) is 3.24. The Morgan fingerprint density at radius 1 is 1.21 bits per heavy atom. The zero-order valence-corrected chi connectivity index (χ0v) is 16.0. The summed E-state index contributed by atoms with van der Waals surface area (Å²) in [5.41, 5.74) is 0.620. The van der Waals surface area contributed by atoms with Gasteiger partial charge in [-0.15, -0.1) is 0 Å². The van der Waals surface area contributed by atoms with E-state index in [1.807, 2.05) is 17.0 Å². The van der Waals surface area contributed by atoms with Crippen LogP contribution in [0.2, 0.25) is 0 Å². The monoisotopic (exact) mass is 395 g/mol. The van der Waals surface area contributed by atoms with Crippen molar-refractivity contribution in [2.75, 3.05) is 39.3 Å². The van der Waals surface area contributed by atoms with Crippen LogP contribution in [-0.4, -0.2) is 60.9 Å². The second kappa shape index (κ2) is 9.18. The molecule has 132 valence electrons. The Morgan fingerprint density at radius 3 is 2.42 bits per heavy atom. The minimum atomic E-state index is -0.0772. The molecule has 1 aromatic rings. The van der Waals surface area contributed by atoms with Gasteiger partial charge >= 0.3 is 0 Å². The molecular weight excluding hydrogens is 370 g/mol. The molecule has 5 nitrogen and oxygen atoms in total. The number of hydrogen-bond donors (Lipinski definition) is 1. The zero-order chi connectivity index (χ0) is 17.5. The number of halogens is 1. The van der Waals surface area contributed by atoms with Crippen LogP contribution in [0.3, 0.4) is 0 Å². The Balaban J connectivity index is 2.06. The Kier molecular flexibility index (Phi) is 7.24. The molecule has 1 saturated heterocycles. The van der Waals surface area contributed by atoms with E-state index in [0.29, 0.717) is 31.1 Å². The van der Waals surface area contributed by atoms with Crippen molar-refractivity contribution in [3.63, 3.8) is 0 Å². The van der Waals surface area contributed by atoms with Crippen LogP contribution in [0.5, 0.6) is 0 Å². The highest BCUT2D eigenvalue weighted by Gasteiger charge is 2.23. The maximum absolute atomic E-state index is 12.8. The number of hydrogen-bond acceptors (Lipinski definition) is 3. The predicted molar refractivity (Wildman–Crippen MR) is 99.0 cm³/mol. The molecule has 0 bridgehead atoms. The third-order valence-electron chi connectivity index (χ3n) is 4.15. The molecule has 0 atom stereocenters. The molecule has 0 radical (unpaired) electrons. The normalized spacial score (nSPS) is 14.8.